The molecule has 0 fully saturated rings. The Hall–Kier alpha value is -9.39. The van der Waals surface area contributed by atoms with Crippen molar-refractivity contribution in [1.82, 2.24) is 24.1 Å². The van der Waals surface area contributed by atoms with Gasteiger partial charge >= 0.3 is 0 Å². The first-order valence-corrected chi connectivity index (χ1v) is 24.6. The molecule has 0 atom stereocenters. The Morgan fingerprint density at radius 1 is 0.361 bits per heavy atom. The third-order valence-electron chi connectivity index (χ3n) is 15.2. The van der Waals surface area contributed by atoms with E-state index in [1.54, 1.807) is 0 Å². The molecule has 10 aromatic carbocycles. The normalized spacial score (nSPS) is 13.0. The van der Waals surface area contributed by atoms with Crippen LogP contribution in [0.25, 0.3) is 133 Å². The van der Waals surface area contributed by atoms with Crippen molar-refractivity contribution in [3.8, 4) is 67.8 Å². The quantitative estimate of drug-likeness (QED) is 0.167. The van der Waals surface area contributed by atoms with Crippen molar-refractivity contribution in [3.63, 3.8) is 0 Å². The van der Waals surface area contributed by atoms with Crippen LogP contribution >= 0.6 is 0 Å². The second-order valence-electron chi connectivity index (χ2n) is 19.5. The van der Waals surface area contributed by atoms with Gasteiger partial charge in [-0.05, 0) is 111 Å². The largest absolute Gasteiger partial charge is 0.456 e. The fourth-order valence-electron chi connectivity index (χ4n) is 11.8. The summed E-state index contributed by atoms with van der Waals surface area (Å²) in [6.07, 6.45) is 0. The number of hydrogen-bond donors (Lipinski definition) is 0. The molecule has 15 rings (SSSR count). The van der Waals surface area contributed by atoms with Gasteiger partial charge in [0.25, 0.3) is 0 Å². The molecular formula is C66H43N5O. The number of para-hydroxylation sites is 3. The van der Waals surface area contributed by atoms with E-state index in [-0.39, 0.29) is 5.41 Å². The van der Waals surface area contributed by atoms with Gasteiger partial charge in [-0.25, -0.2) is 4.98 Å². The molecule has 0 bridgehead atoms. The first-order chi connectivity index (χ1) is 35.5. The van der Waals surface area contributed by atoms with Crippen LogP contribution in [0.3, 0.4) is 0 Å². The van der Waals surface area contributed by atoms with Crippen molar-refractivity contribution in [2.45, 2.75) is 19.3 Å². The van der Waals surface area contributed by atoms with Crippen molar-refractivity contribution in [1.29, 1.82) is 0 Å². The minimum Gasteiger partial charge on any atom is -0.456 e. The van der Waals surface area contributed by atoms with E-state index < -0.39 is 0 Å². The number of aromatic nitrogens is 5. The molecule has 14 aromatic rings. The summed E-state index contributed by atoms with van der Waals surface area (Å²) in [6.45, 7) is 4.63. The van der Waals surface area contributed by atoms with Crippen LogP contribution < -0.4 is 0 Å². The molecule has 0 spiro atoms. The van der Waals surface area contributed by atoms with Crippen molar-refractivity contribution in [2.24, 2.45) is 0 Å². The van der Waals surface area contributed by atoms with E-state index in [0.29, 0.717) is 17.6 Å². The highest BCUT2D eigenvalue weighted by atomic mass is 16.3. The van der Waals surface area contributed by atoms with E-state index >= 15 is 0 Å². The summed E-state index contributed by atoms with van der Waals surface area (Å²) in [5, 5.41) is 6.64. The predicted molar refractivity (Wildman–Crippen MR) is 295 cm³/mol. The van der Waals surface area contributed by atoms with Crippen LogP contribution in [-0.2, 0) is 5.41 Å². The van der Waals surface area contributed by atoms with Crippen LogP contribution in [0.4, 0.5) is 0 Å². The van der Waals surface area contributed by atoms with Gasteiger partial charge in [-0.15, -0.1) is 0 Å². The number of fused-ring (bicyclic) bond motifs is 12. The molecule has 1 aliphatic carbocycles. The second-order valence-corrected chi connectivity index (χ2v) is 19.5. The molecule has 0 saturated carbocycles. The van der Waals surface area contributed by atoms with Crippen molar-refractivity contribution < 1.29 is 4.42 Å². The average molecular weight is 922 g/mol. The second kappa shape index (κ2) is 15.3. The van der Waals surface area contributed by atoms with Gasteiger partial charge in [0.1, 0.15) is 11.2 Å². The molecule has 72 heavy (non-hydrogen) atoms. The van der Waals surface area contributed by atoms with E-state index in [1.165, 1.54) is 38.5 Å². The Morgan fingerprint density at radius 2 is 0.875 bits per heavy atom. The number of hydrogen-bond acceptors (Lipinski definition) is 4. The molecule has 0 unspecified atom stereocenters. The molecule has 6 nitrogen and oxygen atoms in total. The molecule has 0 N–H and O–H groups in total. The fourth-order valence-corrected chi connectivity index (χ4v) is 11.8. The first-order valence-electron chi connectivity index (χ1n) is 24.6. The Kier molecular flexibility index (Phi) is 8.61. The van der Waals surface area contributed by atoms with E-state index in [0.717, 1.165) is 88.4 Å². The average Bonchev–Trinajstić information content (AvgIpc) is 4.16. The van der Waals surface area contributed by atoms with Crippen molar-refractivity contribution in [3.05, 3.63) is 236 Å². The highest BCUT2D eigenvalue weighted by Crippen LogP contribution is 2.52. The van der Waals surface area contributed by atoms with Crippen LogP contribution in [0.5, 0.6) is 0 Å². The Labute approximate surface area is 414 Å². The SMILES string of the molecule is CC1(C)c2ccccc2-c2c(-c3nc(-c4cccc5oc6ccccc6c45)nc(-n4c5ccc(-c6ccccc6)cc5c5cc(-c6ccc7c(c6)c6ccccc6n7-c6ccccc6)ccc54)n3)cccc21. The molecule has 0 aliphatic heterocycles. The smallest absolute Gasteiger partial charge is 0.238 e. The zero-order chi connectivity index (χ0) is 47.7. The summed E-state index contributed by atoms with van der Waals surface area (Å²) in [7, 11) is 0. The zero-order valence-electron chi connectivity index (χ0n) is 39.5. The number of furan rings is 1. The highest BCUT2D eigenvalue weighted by Gasteiger charge is 2.37. The van der Waals surface area contributed by atoms with E-state index in [4.69, 9.17) is 19.4 Å². The highest BCUT2D eigenvalue weighted by molar-refractivity contribution is 6.14. The third kappa shape index (κ3) is 5.93. The molecule has 1 aliphatic rings. The number of benzene rings is 10. The summed E-state index contributed by atoms with van der Waals surface area (Å²) < 4.78 is 11.1. The molecule has 6 heteroatoms. The van der Waals surface area contributed by atoms with Crippen LogP contribution in [-0.4, -0.2) is 24.1 Å². The Bertz CT molecular complexity index is 4540. The maximum atomic E-state index is 6.45. The maximum Gasteiger partial charge on any atom is 0.238 e. The van der Waals surface area contributed by atoms with E-state index in [1.807, 2.05) is 24.3 Å². The monoisotopic (exact) mass is 921 g/mol. The van der Waals surface area contributed by atoms with Gasteiger partial charge in [0.05, 0.1) is 22.1 Å². The Morgan fingerprint density at radius 3 is 1.62 bits per heavy atom. The number of nitrogens with zero attached hydrogens (tertiary/aromatic N) is 5. The molecular weight excluding hydrogens is 879 g/mol. The lowest BCUT2D eigenvalue weighted by molar-refractivity contribution is 0.660. The fraction of sp³-hybridized carbons (Fsp3) is 0.0455. The lowest BCUT2D eigenvalue weighted by atomic mass is 9.82. The summed E-state index contributed by atoms with van der Waals surface area (Å²) in [5.41, 5.74) is 18.3. The minimum atomic E-state index is -0.202. The molecule has 4 aromatic heterocycles. The van der Waals surface area contributed by atoms with E-state index in [2.05, 4.69) is 223 Å². The lowest BCUT2D eigenvalue weighted by Crippen LogP contribution is -2.14. The van der Waals surface area contributed by atoms with Gasteiger partial charge in [0, 0.05) is 54.5 Å². The van der Waals surface area contributed by atoms with Crippen LogP contribution in [0.15, 0.2) is 229 Å². The van der Waals surface area contributed by atoms with Crippen LogP contribution in [0.1, 0.15) is 25.0 Å². The summed E-state index contributed by atoms with van der Waals surface area (Å²) in [4.78, 5) is 16.6. The molecule has 338 valence electrons. The zero-order valence-corrected chi connectivity index (χ0v) is 39.5. The van der Waals surface area contributed by atoms with Gasteiger partial charge in [-0.1, -0.05) is 172 Å². The maximum absolute atomic E-state index is 6.45. The van der Waals surface area contributed by atoms with Gasteiger partial charge in [-0.2, -0.15) is 9.97 Å². The molecule has 0 radical (unpaired) electrons. The van der Waals surface area contributed by atoms with Gasteiger partial charge in [0.2, 0.25) is 5.95 Å². The number of rotatable bonds is 6. The van der Waals surface area contributed by atoms with Gasteiger partial charge in [0.15, 0.2) is 11.6 Å². The predicted octanol–water partition coefficient (Wildman–Crippen LogP) is 16.9. The molecule has 4 heterocycles. The lowest BCUT2D eigenvalue weighted by Gasteiger charge is -2.21. The van der Waals surface area contributed by atoms with Crippen LogP contribution in [0, 0.1) is 0 Å². The summed E-state index contributed by atoms with van der Waals surface area (Å²) in [5.74, 6) is 1.73. The van der Waals surface area contributed by atoms with Crippen molar-refractivity contribution >= 4 is 65.6 Å². The first kappa shape index (κ1) is 40.5. The third-order valence-corrected chi connectivity index (χ3v) is 15.2. The minimum absolute atomic E-state index is 0.202. The topological polar surface area (TPSA) is 61.7 Å². The van der Waals surface area contributed by atoms with Crippen molar-refractivity contribution in [2.75, 3.05) is 0 Å². The van der Waals surface area contributed by atoms with Crippen LogP contribution in [0.2, 0.25) is 0 Å². The van der Waals surface area contributed by atoms with Gasteiger partial charge < -0.3 is 8.98 Å². The molecule has 0 amide bonds. The Balaban J connectivity index is 0.994. The van der Waals surface area contributed by atoms with Gasteiger partial charge in [-0.3, -0.25) is 4.57 Å². The van der Waals surface area contributed by atoms with E-state index in [9.17, 15) is 0 Å². The standard InChI is InChI=1S/C66H43N5O/c1-66(2)53-26-12-9-22-46(53)61-48(24-15-27-54(61)66)63-67-64(49-25-16-30-60-62(49)47-23-11-14-29-59(47)72-60)69-65(68-63)71-57-35-31-41(40-17-5-3-6-18-40)37-51(57)52-39-43(33-36-58(52)71)42-32-34-56-50(38-42)45-21-10-13-28-55(45)70(56)44-19-7-4-8-20-44/h3-39H,1-2H3. The summed E-state index contributed by atoms with van der Waals surface area (Å²) >= 11 is 0. The molecule has 0 saturated heterocycles. The summed E-state index contributed by atoms with van der Waals surface area (Å²) in [6, 6.07) is 80.2.